The summed E-state index contributed by atoms with van der Waals surface area (Å²) in [6, 6.07) is 10.4. The summed E-state index contributed by atoms with van der Waals surface area (Å²) in [5.74, 6) is 0.428. The van der Waals surface area contributed by atoms with Crippen molar-refractivity contribution in [3.05, 3.63) is 48.3 Å². The summed E-state index contributed by atoms with van der Waals surface area (Å²) < 4.78 is 5.07. The van der Waals surface area contributed by atoms with Gasteiger partial charge in [-0.05, 0) is 18.2 Å². The number of nitrogens with one attached hydrogen (secondary N) is 1. The molecule has 1 aromatic heterocycles. The molecular formula is C13H9N5O2. The van der Waals surface area contributed by atoms with Crippen LogP contribution in [0.1, 0.15) is 5.69 Å². The smallest absolute Gasteiger partial charge is 0.409 e. The van der Waals surface area contributed by atoms with Gasteiger partial charge in [0.05, 0.1) is 11.9 Å². The van der Waals surface area contributed by atoms with Gasteiger partial charge in [-0.1, -0.05) is 18.2 Å². The van der Waals surface area contributed by atoms with Gasteiger partial charge in [-0.25, -0.2) is 4.79 Å². The van der Waals surface area contributed by atoms with Crippen LogP contribution in [0.3, 0.4) is 0 Å². The molecule has 0 saturated heterocycles. The highest BCUT2D eigenvalue weighted by atomic mass is 16.5. The number of hydrogen-bond acceptors (Lipinski definition) is 5. The molecule has 7 nitrogen and oxygen atoms in total. The van der Waals surface area contributed by atoms with Crippen molar-refractivity contribution in [3.63, 3.8) is 0 Å². The van der Waals surface area contributed by atoms with Gasteiger partial charge in [0.25, 0.3) is 0 Å². The number of aromatic amines is 1. The predicted octanol–water partition coefficient (Wildman–Crippen LogP) is 1.84. The number of H-pyrrole nitrogens is 1. The molecule has 20 heavy (non-hydrogen) atoms. The van der Waals surface area contributed by atoms with Crippen LogP contribution in [0.15, 0.2) is 57.8 Å². The van der Waals surface area contributed by atoms with Crippen LogP contribution in [0.25, 0.3) is 0 Å². The first-order valence-electron chi connectivity index (χ1n) is 5.79. The minimum absolute atomic E-state index is 0.329. The third-order valence-corrected chi connectivity index (χ3v) is 2.50. The highest BCUT2D eigenvalue weighted by Crippen LogP contribution is 2.10. The largest absolute Gasteiger partial charge is 0.439 e. The van der Waals surface area contributed by atoms with Gasteiger partial charge in [-0.15, -0.1) is 5.10 Å². The van der Waals surface area contributed by atoms with Crippen molar-refractivity contribution in [1.82, 2.24) is 10.2 Å². The van der Waals surface area contributed by atoms with Crippen LogP contribution >= 0.6 is 0 Å². The standard InChI is InChI=1S/C13H9N5O2/c19-13(20-9-4-2-1-3-5-9)16-11-8-15-18-12(11)10-6-7-14-17-10/h1-8H,(H,14,17). The van der Waals surface area contributed by atoms with Crippen LogP contribution in [0.4, 0.5) is 4.79 Å². The Balaban J connectivity index is 1.77. The summed E-state index contributed by atoms with van der Waals surface area (Å²) in [6.45, 7) is 0. The van der Waals surface area contributed by atoms with Crippen molar-refractivity contribution in [3.8, 4) is 5.75 Å². The van der Waals surface area contributed by atoms with Gasteiger partial charge in [0.2, 0.25) is 0 Å². The summed E-state index contributed by atoms with van der Waals surface area (Å²) in [5, 5.41) is 14.2. The van der Waals surface area contributed by atoms with Gasteiger partial charge < -0.3 is 4.74 Å². The third-order valence-electron chi connectivity index (χ3n) is 2.50. The second-order valence-corrected chi connectivity index (χ2v) is 3.84. The maximum absolute atomic E-state index is 11.7. The maximum Gasteiger partial charge on any atom is 0.439 e. The molecule has 2 heterocycles. The SMILES string of the molecule is O=C(N=C1C=NN=C1c1ccn[nH]1)Oc1ccccc1. The van der Waals surface area contributed by atoms with E-state index >= 15 is 0 Å². The molecule has 0 saturated carbocycles. The summed E-state index contributed by atoms with van der Waals surface area (Å²) in [6.07, 6.45) is 2.24. The number of nitrogens with zero attached hydrogens (tertiary/aromatic N) is 4. The first-order valence-corrected chi connectivity index (χ1v) is 5.79. The lowest BCUT2D eigenvalue weighted by atomic mass is 10.2. The van der Waals surface area contributed by atoms with E-state index in [1.54, 1.807) is 36.5 Å². The molecule has 7 heteroatoms. The van der Waals surface area contributed by atoms with E-state index in [0.29, 0.717) is 22.9 Å². The Bertz CT molecular complexity index is 702. The number of aromatic nitrogens is 2. The van der Waals surface area contributed by atoms with Gasteiger partial charge in [0.1, 0.15) is 17.2 Å². The zero-order valence-electron chi connectivity index (χ0n) is 10.2. The minimum Gasteiger partial charge on any atom is -0.409 e. The van der Waals surface area contributed by atoms with E-state index < -0.39 is 6.09 Å². The van der Waals surface area contributed by atoms with Crippen molar-refractivity contribution in [2.75, 3.05) is 0 Å². The maximum atomic E-state index is 11.7. The first-order chi connectivity index (χ1) is 9.83. The quantitative estimate of drug-likeness (QED) is 0.899. The van der Waals surface area contributed by atoms with Crippen molar-refractivity contribution < 1.29 is 9.53 Å². The van der Waals surface area contributed by atoms with Crippen molar-refractivity contribution in [1.29, 1.82) is 0 Å². The van der Waals surface area contributed by atoms with E-state index in [0.717, 1.165) is 0 Å². The molecule has 0 unspecified atom stereocenters. The van der Waals surface area contributed by atoms with E-state index in [2.05, 4.69) is 25.4 Å². The molecule has 1 aliphatic heterocycles. The number of rotatable bonds is 2. The zero-order chi connectivity index (χ0) is 13.8. The lowest BCUT2D eigenvalue weighted by Gasteiger charge is -2.00. The fourth-order valence-electron chi connectivity index (χ4n) is 1.63. The first kappa shape index (κ1) is 12.0. The number of para-hydroxylation sites is 1. The summed E-state index contributed by atoms with van der Waals surface area (Å²) in [7, 11) is 0. The molecule has 0 spiro atoms. The minimum atomic E-state index is -0.730. The number of benzene rings is 1. The summed E-state index contributed by atoms with van der Waals surface area (Å²) >= 11 is 0. The fraction of sp³-hybridized carbons (Fsp3) is 0. The Morgan fingerprint density at radius 2 is 2.05 bits per heavy atom. The molecule has 0 atom stereocenters. The molecule has 0 aliphatic carbocycles. The average Bonchev–Trinajstić information content (AvgIpc) is 3.10. The lowest BCUT2D eigenvalue weighted by molar-refractivity contribution is 0.211. The van der Waals surface area contributed by atoms with Crippen LogP contribution in [0, 0.1) is 0 Å². The molecule has 3 rings (SSSR count). The molecular weight excluding hydrogens is 258 g/mol. The monoisotopic (exact) mass is 267 g/mol. The summed E-state index contributed by atoms with van der Waals surface area (Å²) in [4.78, 5) is 15.6. The van der Waals surface area contributed by atoms with Crippen molar-refractivity contribution in [2.24, 2.45) is 15.2 Å². The van der Waals surface area contributed by atoms with Crippen LogP contribution in [0.2, 0.25) is 0 Å². The highest BCUT2D eigenvalue weighted by Gasteiger charge is 2.18. The number of ether oxygens (including phenoxy) is 1. The average molecular weight is 267 g/mol. The van der Waals surface area contributed by atoms with Crippen molar-refractivity contribution in [2.45, 2.75) is 0 Å². The second kappa shape index (κ2) is 5.27. The van der Waals surface area contributed by atoms with Gasteiger partial charge in [-0.3, -0.25) is 5.10 Å². The van der Waals surface area contributed by atoms with E-state index in [-0.39, 0.29) is 0 Å². The molecule has 1 aliphatic rings. The van der Waals surface area contributed by atoms with Gasteiger partial charge in [0, 0.05) is 6.20 Å². The molecule has 1 aromatic carbocycles. The summed E-state index contributed by atoms with van der Waals surface area (Å²) in [5.41, 5.74) is 1.41. The number of carbonyl (C=O) groups excluding carboxylic acids is 1. The normalized spacial score (nSPS) is 15.4. The van der Waals surface area contributed by atoms with Crippen molar-refractivity contribution >= 4 is 23.7 Å². The molecule has 2 aromatic rings. The van der Waals surface area contributed by atoms with E-state index in [1.807, 2.05) is 6.07 Å². The van der Waals surface area contributed by atoms with Crippen LogP contribution in [-0.2, 0) is 0 Å². The van der Waals surface area contributed by atoms with E-state index in [9.17, 15) is 4.79 Å². The topological polar surface area (TPSA) is 92.1 Å². The van der Waals surface area contributed by atoms with Gasteiger partial charge in [-0.2, -0.15) is 15.2 Å². The Morgan fingerprint density at radius 1 is 1.20 bits per heavy atom. The molecule has 0 bridgehead atoms. The molecule has 1 N–H and O–H groups in total. The Morgan fingerprint density at radius 3 is 2.80 bits per heavy atom. The Labute approximate surface area is 113 Å². The molecule has 98 valence electrons. The van der Waals surface area contributed by atoms with E-state index in [1.165, 1.54) is 6.21 Å². The number of carbonyl (C=O) groups is 1. The third kappa shape index (κ3) is 2.51. The lowest BCUT2D eigenvalue weighted by Crippen LogP contribution is -2.17. The van der Waals surface area contributed by atoms with Crippen LogP contribution < -0.4 is 4.74 Å². The fourth-order valence-corrected chi connectivity index (χ4v) is 1.63. The predicted molar refractivity (Wildman–Crippen MR) is 73.5 cm³/mol. The number of amides is 1. The van der Waals surface area contributed by atoms with Crippen LogP contribution in [-0.4, -0.2) is 33.9 Å². The molecule has 0 fully saturated rings. The van der Waals surface area contributed by atoms with E-state index in [4.69, 9.17) is 4.74 Å². The second-order valence-electron chi connectivity index (χ2n) is 3.84. The zero-order valence-corrected chi connectivity index (χ0v) is 10.2. The van der Waals surface area contributed by atoms with Gasteiger partial charge >= 0.3 is 6.09 Å². The Kier molecular flexibility index (Phi) is 3.15. The highest BCUT2D eigenvalue weighted by molar-refractivity contribution is 6.68. The molecule has 0 radical (unpaired) electrons. The molecule has 1 amide bonds. The van der Waals surface area contributed by atoms with Crippen LogP contribution in [0.5, 0.6) is 5.75 Å². The van der Waals surface area contributed by atoms with Gasteiger partial charge in [0.15, 0.2) is 0 Å². The Hall–Kier alpha value is -3.09. The number of aliphatic imine (C=N–C) groups is 1. The number of hydrogen-bond donors (Lipinski definition) is 1.